The lowest BCUT2D eigenvalue weighted by Gasteiger charge is -2.14. The van der Waals surface area contributed by atoms with Gasteiger partial charge in [0.2, 0.25) is 0 Å². The molecule has 0 heterocycles. The number of allylic oxidation sites excluding steroid dienone is 4. The van der Waals surface area contributed by atoms with Crippen molar-refractivity contribution >= 4 is 0 Å². The Morgan fingerprint density at radius 1 is 1.17 bits per heavy atom. The maximum atomic E-state index is 8.29. The topological polar surface area (TPSA) is 23.8 Å². The number of rotatable bonds is 3. The van der Waals surface area contributed by atoms with Gasteiger partial charge in [-0.3, -0.25) is 0 Å². The second-order valence-electron chi connectivity index (χ2n) is 3.46. The second-order valence-corrected chi connectivity index (χ2v) is 3.46. The molecule has 0 saturated carbocycles. The highest BCUT2D eigenvalue weighted by atomic mass is 14.2. The number of nitrogens with zero attached hydrogens (tertiary/aromatic N) is 1. The SMILES string of the molecule is CC(C)C(=C/C=C/C#N)C(C)C. The summed E-state index contributed by atoms with van der Waals surface area (Å²) >= 11 is 0. The van der Waals surface area contributed by atoms with E-state index in [1.54, 1.807) is 0 Å². The fourth-order valence-corrected chi connectivity index (χ4v) is 1.25. The van der Waals surface area contributed by atoms with Gasteiger partial charge in [0.05, 0.1) is 6.07 Å². The summed E-state index contributed by atoms with van der Waals surface area (Å²) in [5, 5.41) is 8.29. The molecule has 0 rings (SSSR count). The highest BCUT2D eigenvalue weighted by Gasteiger charge is 2.05. The van der Waals surface area contributed by atoms with Gasteiger partial charge in [0.25, 0.3) is 0 Å². The second kappa shape index (κ2) is 5.60. The Kier molecular flexibility index (Phi) is 5.12. The largest absolute Gasteiger partial charge is 0.193 e. The summed E-state index contributed by atoms with van der Waals surface area (Å²) in [5.74, 6) is 1.13. The molecule has 1 nitrogen and oxygen atoms in total. The normalized spacial score (nSPS) is 10.8. The van der Waals surface area contributed by atoms with Crippen LogP contribution in [-0.2, 0) is 0 Å². The molecule has 0 amide bonds. The summed E-state index contributed by atoms with van der Waals surface area (Å²) in [6.45, 7) is 8.69. The first-order valence-corrected chi connectivity index (χ1v) is 4.35. The van der Waals surface area contributed by atoms with Crippen LogP contribution in [0.1, 0.15) is 27.7 Å². The lowest BCUT2D eigenvalue weighted by atomic mass is 9.92. The van der Waals surface area contributed by atoms with Crippen molar-refractivity contribution in [1.82, 2.24) is 0 Å². The third-order valence-corrected chi connectivity index (χ3v) is 1.79. The average Bonchev–Trinajstić information content (AvgIpc) is 1.96. The van der Waals surface area contributed by atoms with Crippen LogP contribution in [0.4, 0.5) is 0 Å². The lowest BCUT2D eigenvalue weighted by molar-refractivity contribution is 0.626. The fourth-order valence-electron chi connectivity index (χ4n) is 1.25. The Labute approximate surface area is 75.4 Å². The van der Waals surface area contributed by atoms with E-state index in [1.165, 1.54) is 11.6 Å². The molecule has 0 aromatic heterocycles. The first-order valence-electron chi connectivity index (χ1n) is 4.35. The quantitative estimate of drug-likeness (QED) is 0.462. The molecule has 1 heteroatoms. The van der Waals surface area contributed by atoms with Crippen LogP contribution in [0.2, 0.25) is 0 Å². The van der Waals surface area contributed by atoms with Crippen molar-refractivity contribution in [3.8, 4) is 6.07 Å². The van der Waals surface area contributed by atoms with Crippen LogP contribution >= 0.6 is 0 Å². The maximum absolute atomic E-state index is 8.29. The number of nitriles is 1. The van der Waals surface area contributed by atoms with Gasteiger partial charge < -0.3 is 0 Å². The van der Waals surface area contributed by atoms with Crippen LogP contribution in [0.5, 0.6) is 0 Å². The maximum Gasteiger partial charge on any atom is 0.0912 e. The van der Waals surface area contributed by atoms with E-state index in [9.17, 15) is 0 Å². The number of hydrogen-bond donors (Lipinski definition) is 0. The van der Waals surface area contributed by atoms with Gasteiger partial charge >= 0.3 is 0 Å². The van der Waals surface area contributed by atoms with Crippen LogP contribution in [0.25, 0.3) is 0 Å². The van der Waals surface area contributed by atoms with Gasteiger partial charge in [0, 0.05) is 6.08 Å². The first kappa shape index (κ1) is 11.0. The molecule has 0 aromatic rings. The molecule has 0 radical (unpaired) electrons. The third kappa shape index (κ3) is 3.98. The van der Waals surface area contributed by atoms with Crippen molar-refractivity contribution in [3.05, 3.63) is 23.8 Å². The molecule has 0 aromatic carbocycles. The number of hydrogen-bond acceptors (Lipinski definition) is 1. The molecule has 0 aliphatic rings. The van der Waals surface area contributed by atoms with E-state index in [0.717, 1.165) is 0 Å². The van der Waals surface area contributed by atoms with Crippen LogP contribution < -0.4 is 0 Å². The molecule has 0 aliphatic heterocycles. The Balaban J connectivity index is 4.42. The van der Waals surface area contributed by atoms with Crippen molar-refractivity contribution < 1.29 is 0 Å². The standard InChI is InChI=1S/C11H17N/c1-9(2)11(10(3)4)7-5-6-8-12/h5-7,9-10H,1-4H3/b6-5+. The van der Waals surface area contributed by atoms with E-state index in [1.807, 2.05) is 18.2 Å². The van der Waals surface area contributed by atoms with Crippen molar-refractivity contribution in [2.75, 3.05) is 0 Å². The summed E-state index contributed by atoms with van der Waals surface area (Å²) in [6.07, 6.45) is 5.36. The summed E-state index contributed by atoms with van der Waals surface area (Å²) in [5.41, 5.74) is 1.39. The van der Waals surface area contributed by atoms with Gasteiger partial charge in [-0.05, 0) is 11.8 Å². The Hall–Kier alpha value is -1.03. The predicted octanol–water partition coefficient (Wildman–Crippen LogP) is 3.30. The van der Waals surface area contributed by atoms with Crippen LogP contribution in [-0.4, -0.2) is 0 Å². The van der Waals surface area contributed by atoms with E-state index in [2.05, 4.69) is 27.7 Å². The predicted molar refractivity (Wildman–Crippen MR) is 52.5 cm³/mol. The molecule has 0 N–H and O–H groups in total. The van der Waals surface area contributed by atoms with Gasteiger partial charge in [-0.25, -0.2) is 0 Å². The third-order valence-electron chi connectivity index (χ3n) is 1.79. The molecule has 0 spiro atoms. The Morgan fingerprint density at radius 2 is 1.67 bits per heavy atom. The first-order chi connectivity index (χ1) is 5.59. The molecule has 0 atom stereocenters. The van der Waals surface area contributed by atoms with Crippen molar-refractivity contribution in [2.45, 2.75) is 27.7 Å². The molecule has 0 aliphatic carbocycles. The van der Waals surface area contributed by atoms with Crippen molar-refractivity contribution in [1.29, 1.82) is 5.26 Å². The minimum absolute atomic E-state index is 0.563. The van der Waals surface area contributed by atoms with E-state index < -0.39 is 0 Å². The van der Waals surface area contributed by atoms with Gasteiger partial charge in [-0.1, -0.05) is 45.4 Å². The van der Waals surface area contributed by atoms with Crippen LogP contribution in [0.15, 0.2) is 23.8 Å². The molecule has 0 bridgehead atoms. The van der Waals surface area contributed by atoms with Gasteiger partial charge in [-0.2, -0.15) is 5.26 Å². The average molecular weight is 163 g/mol. The van der Waals surface area contributed by atoms with E-state index in [0.29, 0.717) is 11.8 Å². The minimum Gasteiger partial charge on any atom is -0.193 e. The van der Waals surface area contributed by atoms with E-state index in [4.69, 9.17) is 5.26 Å². The molecule has 0 saturated heterocycles. The molecular weight excluding hydrogens is 146 g/mol. The Bertz CT molecular complexity index is 204. The fraction of sp³-hybridized carbons (Fsp3) is 0.545. The Morgan fingerprint density at radius 3 is 2.00 bits per heavy atom. The van der Waals surface area contributed by atoms with Gasteiger partial charge in [0.15, 0.2) is 0 Å². The highest BCUT2D eigenvalue weighted by Crippen LogP contribution is 2.18. The molecular formula is C11H17N. The molecule has 0 unspecified atom stereocenters. The highest BCUT2D eigenvalue weighted by molar-refractivity contribution is 5.19. The minimum atomic E-state index is 0.563. The zero-order valence-corrected chi connectivity index (χ0v) is 8.33. The molecule has 0 fully saturated rings. The van der Waals surface area contributed by atoms with E-state index >= 15 is 0 Å². The summed E-state index contributed by atoms with van der Waals surface area (Å²) in [6, 6.07) is 1.98. The van der Waals surface area contributed by atoms with Gasteiger partial charge in [-0.15, -0.1) is 0 Å². The summed E-state index contributed by atoms with van der Waals surface area (Å²) in [7, 11) is 0. The van der Waals surface area contributed by atoms with Gasteiger partial charge in [0.1, 0.15) is 0 Å². The lowest BCUT2D eigenvalue weighted by Crippen LogP contribution is -2.01. The smallest absolute Gasteiger partial charge is 0.0912 e. The summed E-state index contributed by atoms with van der Waals surface area (Å²) in [4.78, 5) is 0. The zero-order valence-electron chi connectivity index (χ0n) is 8.33. The van der Waals surface area contributed by atoms with Crippen LogP contribution in [0, 0.1) is 23.2 Å². The monoisotopic (exact) mass is 163 g/mol. The van der Waals surface area contributed by atoms with Crippen molar-refractivity contribution in [3.63, 3.8) is 0 Å². The zero-order chi connectivity index (χ0) is 9.56. The van der Waals surface area contributed by atoms with Crippen molar-refractivity contribution in [2.24, 2.45) is 11.8 Å². The van der Waals surface area contributed by atoms with E-state index in [-0.39, 0.29) is 0 Å². The molecule has 66 valence electrons. The van der Waals surface area contributed by atoms with Crippen LogP contribution in [0.3, 0.4) is 0 Å². The summed E-state index contributed by atoms with van der Waals surface area (Å²) < 4.78 is 0. The molecule has 12 heavy (non-hydrogen) atoms.